The van der Waals surface area contributed by atoms with E-state index in [0.717, 1.165) is 18.7 Å². The molecule has 0 bridgehead atoms. The molecule has 0 aromatic heterocycles. The van der Waals surface area contributed by atoms with Crippen LogP contribution in [0.1, 0.15) is 25.0 Å². The van der Waals surface area contributed by atoms with E-state index in [-0.39, 0.29) is 11.2 Å². The van der Waals surface area contributed by atoms with Gasteiger partial charge in [-0.15, -0.1) is 0 Å². The van der Waals surface area contributed by atoms with Crippen molar-refractivity contribution in [3.63, 3.8) is 0 Å². The Morgan fingerprint density at radius 2 is 2.00 bits per heavy atom. The van der Waals surface area contributed by atoms with Crippen LogP contribution < -0.4 is 5.73 Å². The number of aryl methyl sites for hydroxylation is 1. The summed E-state index contributed by atoms with van der Waals surface area (Å²) in [6.07, 6.45) is 0. The molecule has 17 heavy (non-hydrogen) atoms. The van der Waals surface area contributed by atoms with Gasteiger partial charge in [-0.05, 0) is 49.2 Å². The van der Waals surface area contributed by atoms with E-state index in [0.29, 0.717) is 6.54 Å². The van der Waals surface area contributed by atoms with Crippen molar-refractivity contribution in [1.82, 2.24) is 4.90 Å². The van der Waals surface area contributed by atoms with Crippen molar-refractivity contribution in [3.8, 4) is 0 Å². The third kappa shape index (κ3) is 4.44. The van der Waals surface area contributed by atoms with Crippen LogP contribution in [-0.4, -0.2) is 25.0 Å². The van der Waals surface area contributed by atoms with Crippen molar-refractivity contribution in [2.75, 3.05) is 20.1 Å². The van der Waals surface area contributed by atoms with Crippen molar-refractivity contribution in [2.45, 2.75) is 27.3 Å². The Hall–Kier alpha value is -0.930. The monoisotopic (exact) mass is 238 g/mol. The SMILES string of the molecule is Cc1cc(F)ccc1CN(C)CC(C)(C)CN. The van der Waals surface area contributed by atoms with Crippen LogP contribution in [0.2, 0.25) is 0 Å². The number of benzene rings is 1. The van der Waals surface area contributed by atoms with Crippen LogP contribution in [-0.2, 0) is 6.54 Å². The van der Waals surface area contributed by atoms with Gasteiger partial charge in [0.05, 0.1) is 0 Å². The second-order valence-corrected chi connectivity index (χ2v) is 5.61. The fraction of sp³-hybridized carbons (Fsp3) is 0.571. The summed E-state index contributed by atoms with van der Waals surface area (Å²) >= 11 is 0. The third-order valence-electron chi connectivity index (χ3n) is 3.00. The summed E-state index contributed by atoms with van der Waals surface area (Å²) in [4.78, 5) is 2.23. The topological polar surface area (TPSA) is 29.3 Å². The van der Waals surface area contributed by atoms with Crippen molar-refractivity contribution >= 4 is 0 Å². The van der Waals surface area contributed by atoms with Crippen molar-refractivity contribution in [2.24, 2.45) is 11.1 Å². The molecule has 0 unspecified atom stereocenters. The van der Waals surface area contributed by atoms with Gasteiger partial charge in [0, 0.05) is 13.1 Å². The highest BCUT2D eigenvalue weighted by atomic mass is 19.1. The number of hydrogen-bond acceptors (Lipinski definition) is 2. The Morgan fingerprint density at radius 3 is 2.53 bits per heavy atom. The second-order valence-electron chi connectivity index (χ2n) is 5.61. The zero-order valence-electron chi connectivity index (χ0n) is 11.3. The smallest absolute Gasteiger partial charge is 0.123 e. The fourth-order valence-electron chi connectivity index (χ4n) is 1.98. The van der Waals surface area contributed by atoms with Crippen molar-refractivity contribution < 1.29 is 4.39 Å². The number of halogens is 1. The molecule has 1 aromatic rings. The molecule has 2 nitrogen and oxygen atoms in total. The zero-order valence-corrected chi connectivity index (χ0v) is 11.3. The standard InChI is InChI=1S/C14H23FN2/c1-11-7-13(15)6-5-12(11)8-17(4)10-14(2,3)9-16/h5-7H,8-10,16H2,1-4H3. The normalized spacial score (nSPS) is 12.2. The van der Waals surface area contributed by atoms with Crippen LogP contribution in [0.15, 0.2) is 18.2 Å². The molecule has 0 spiro atoms. The van der Waals surface area contributed by atoms with Crippen LogP contribution in [0.25, 0.3) is 0 Å². The second kappa shape index (κ2) is 5.61. The molecule has 1 rings (SSSR count). The predicted molar refractivity (Wildman–Crippen MR) is 70.3 cm³/mol. The lowest BCUT2D eigenvalue weighted by molar-refractivity contribution is 0.209. The molecule has 3 heteroatoms. The summed E-state index contributed by atoms with van der Waals surface area (Å²) in [6, 6.07) is 4.96. The first kappa shape index (κ1) is 14.1. The van der Waals surface area contributed by atoms with Crippen molar-refractivity contribution in [1.29, 1.82) is 0 Å². The van der Waals surface area contributed by atoms with Gasteiger partial charge in [-0.2, -0.15) is 0 Å². The average molecular weight is 238 g/mol. The van der Waals surface area contributed by atoms with E-state index in [1.807, 2.05) is 13.0 Å². The molecular weight excluding hydrogens is 215 g/mol. The van der Waals surface area contributed by atoms with Crippen LogP contribution in [0.3, 0.4) is 0 Å². The van der Waals surface area contributed by atoms with E-state index in [1.54, 1.807) is 6.07 Å². The first-order valence-electron chi connectivity index (χ1n) is 5.98. The maximum Gasteiger partial charge on any atom is 0.123 e. The molecule has 0 radical (unpaired) electrons. The van der Waals surface area contributed by atoms with Crippen LogP contribution in [0.4, 0.5) is 4.39 Å². The number of rotatable bonds is 5. The van der Waals surface area contributed by atoms with Crippen LogP contribution in [0, 0.1) is 18.2 Å². The minimum absolute atomic E-state index is 0.114. The Balaban J connectivity index is 2.65. The molecule has 0 saturated carbocycles. The Morgan fingerprint density at radius 1 is 1.35 bits per heavy atom. The first-order chi connectivity index (χ1) is 7.84. The van der Waals surface area contributed by atoms with Gasteiger partial charge in [0.15, 0.2) is 0 Å². The molecule has 0 fully saturated rings. The average Bonchev–Trinajstić information content (AvgIpc) is 2.21. The summed E-state index contributed by atoms with van der Waals surface area (Å²) in [5.74, 6) is -0.170. The maximum atomic E-state index is 13.0. The van der Waals surface area contributed by atoms with Gasteiger partial charge in [-0.25, -0.2) is 4.39 Å². The largest absolute Gasteiger partial charge is 0.330 e. The van der Waals surface area contributed by atoms with Gasteiger partial charge in [-0.1, -0.05) is 19.9 Å². The number of nitrogens with two attached hydrogens (primary N) is 1. The molecule has 2 N–H and O–H groups in total. The van der Waals surface area contributed by atoms with Gasteiger partial charge in [-0.3, -0.25) is 0 Å². The maximum absolute atomic E-state index is 13.0. The molecule has 1 aromatic carbocycles. The molecular formula is C14H23FN2. The van der Waals surface area contributed by atoms with Crippen molar-refractivity contribution in [3.05, 3.63) is 35.1 Å². The third-order valence-corrected chi connectivity index (χ3v) is 3.00. The fourth-order valence-corrected chi connectivity index (χ4v) is 1.98. The molecule has 0 aliphatic heterocycles. The lowest BCUT2D eigenvalue weighted by Crippen LogP contribution is -2.36. The molecule has 0 amide bonds. The van der Waals surface area contributed by atoms with E-state index in [9.17, 15) is 4.39 Å². The highest BCUT2D eigenvalue weighted by molar-refractivity contribution is 5.26. The predicted octanol–water partition coefficient (Wildman–Crippen LogP) is 2.55. The van der Waals surface area contributed by atoms with E-state index >= 15 is 0 Å². The van der Waals surface area contributed by atoms with E-state index in [4.69, 9.17) is 5.73 Å². The van der Waals surface area contributed by atoms with Crippen LogP contribution >= 0.6 is 0 Å². The van der Waals surface area contributed by atoms with Crippen LogP contribution in [0.5, 0.6) is 0 Å². The Bertz CT molecular complexity index is 374. The molecule has 0 aliphatic carbocycles. The van der Waals surface area contributed by atoms with Gasteiger partial charge in [0.25, 0.3) is 0 Å². The summed E-state index contributed by atoms with van der Waals surface area (Å²) in [5, 5.41) is 0. The summed E-state index contributed by atoms with van der Waals surface area (Å²) in [6.45, 7) is 8.68. The minimum Gasteiger partial charge on any atom is -0.330 e. The van der Waals surface area contributed by atoms with E-state index in [1.165, 1.54) is 11.6 Å². The molecule has 0 saturated heterocycles. The summed E-state index contributed by atoms with van der Waals surface area (Å²) < 4.78 is 13.0. The van der Waals surface area contributed by atoms with E-state index < -0.39 is 0 Å². The summed E-state index contributed by atoms with van der Waals surface area (Å²) in [7, 11) is 2.07. The molecule has 0 atom stereocenters. The molecule has 0 heterocycles. The van der Waals surface area contributed by atoms with Gasteiger partial charge >= 0.3 is 0 Å². The number of hydrogen-bond donors (Lipinski definition) is 1. The number of nitrogens with zero attached hydrogens (tertiary/aromatic N) is 1. The van der Waals surface area contributed by atoms with Gasteiger partial charge in [0.2, 0.25) is 0 Å². The lowest BCUT2D eigenvalue weighted by Gasteiger charge is -2.29. The highest BCUT2D eigenvalue weighted by Crippen LogP contribution is 2.17. The van der Waals surface area contributed by atoms with Gasteiger partial charge < -0.3 is 10.6 Å². The Labute approximate surface area is 104 Å². The Kier molecular flexibility index (Phi) is 4.66. The first-order valence-corrected chi connectivity index (χ1v) is 5.98. The highest BCUT2D eigenvalue weighted by Gasteiger charge is 2.18. The lowest BCUT2D eigenvalue weighted by atomic mass is 9.93. The quantitative estimate of drug-likeness (QED) is 0.854. The molecule has 0 aliphatic rings. The van der Waals surface area contributed by atoms with Gasteiger partial charge in [0.1, 0.15) is 5.82 Å². The minimum atomic E-state index is -0.170. The summed E-state index contributed by atoms with van der Waals surface area (Å²) in [5.41, 5.74) is 8.01. The molecule has 96 valence electrons. The zero-order chi connectivity index (χ0) is 13.1. The van der Waals surface area contributed by atoms with E-state index in [2.05, 4.69) is 25.8 Å².